The summed E-state index contributed by atoms with van der Waals surface area (Å²) in [7, 11) is 0.0835. The Morgan fingerprint density at radius 2 is 2.38 bits per heavy atom. The molecule has 0 spiro atoms. The molecule has 0 amide bonds. The average Bonchev–Trinajstić information content (AvgIpc) is 2.17. The zero-order chi connectivity index (χ0) is 9.26. The van der Waals surface area contributed by atoms with Crippen molar-refractivity contribution in [3.05, 3.63) is 29.8 Å². The van der Waals surface area contributed by atoms with Crippen LogP contribution < -0.4 is 4.74 Å². The summed E-state index contributed by atoms with van der Waals surface area (Å²) in [5.74, 6) is 1.05. The smallest absolute Gasteiger partial charge is 0.124 e. The lowest BCUT2D eigenvalue weighted by Gasteiger charge is -2.30. The van der Waals surface area contributed by atoms with Gasteiger partial charge in [-0.25, -0.2) is 0 Å². The highest BCUT2D eigenvalue weighted by molar-refractivity contribution is 8.16. The van der Waals surface area contributed by atoms with E-state index >= 15 is 0 Å². The molecule has 1 aromatic carbocycles. The maximum absolute atomic E-state index is 5.58. The quantitative estimate of drug-likeness (QED) is 0.678. The fourth-order valence-corrected chi connectivity index (χ4v) is 3.10. The highest BCUT2D eigenvalue weighted by atomic mass is 32.2. The van der Waals surface area contributed by atoms with E-state index < -0.39 is 0 Å². The second kappa shape index (κ2) is 3.62. The minimum atomic E-state index is 0.0835. The first-order valence-electron chi connectivity index (χ1n) is 4.59. The molecular formula is C11H15OS. The van der Waals surface area contributed by atoms with Crippen molar-refractivity contribution in [1.82, 2.24) is 0 Å². The molecule has 71 valence electrons. The standard InChI is InChI=1S/C11H15OS/c1-13(2)11-7-8-12-10-6-4-3-5-9(10)11/h3-4,6,11,13H,7-8H2,1-2H3. The molecule has 1 nitrogen and oxygen atoms in total. The van der Waals surface area contributed by atoms with E-state index in [0.717, 1.165) is 18.8 Å². The van der Waals surface area contributed by atoms with Gasteiger partial charge in [-0.2, -0.15) is 0 Å². The number of hydrogen-bond donors (Lipinski definition) is 1. The van der Waals surface area contributed by atoms with Gasteiger partial charge in [-0.1, -0.05) is 12.1 Å². The van der Waals surface area contributed by atoms with Crippen molar-refractivity contribution in [3.8, 4) is 5.75 Å². The fraction of sp³-hybridized carbons (Fsp3) is 0.455. The number of ether oxygens (including phenoxy) is 1. The van der Waals surface area contributed by atoms with Crippen LogP contribution in [0.5, 0.6) is 5.75 Å². The third kappa shape index (κ3) is 1.68. The molecular weight excluding hydrogens is 180 g/mol. The van der Waals surface area contributed by atoms with E-state index in [9.17, 15) is 0 Å². The van der Waals surface area contributed by atoms with Crippen molar-refractivity contribution in [3.63, 3.8) is 0 Å². The monoisotopic (exact) mass is 195 g/mol. The summed E-state index contributed by atoms with van der Waals surface area (Å²) in [4.78, 5) is 0. The second-order valence-corrected chi connectivity index (χ2v) is 6.12. The lowest BCUT2D eigenvalue weighted by molar-refractivity contribution is 0.286. The highest BCUT2D eigenvalue weighted by Crippen LogP contribution is 2.45. The lowest BCUT2D eigenvalue weighted by Crippen LogP contribution is -2.13. The van der Waals surface area contributed by atoms with Crippen LogP contribution >= 0.6 is 10.9 Å². The third-order valence-corrected chi connectivity index (χ3v) is 4.22. The summed E-state index contributed by atoms with van der Waals surface area (Å²) in [6, 6.07) is 9.34. The molecule has 1 aliphatic heterocycles. The van der Waals surface area contributed by atoms with Crippen molar-refractivity contribution in [2.45, 2.75) is 11.7 Å². The van der Waals surface area contributed by atoms with Crippen molar-refractivity contribution >= 4 is 10.9 Å². The van der Waals surface area contributed by atoms with Crippen LogP contribution in [0.4, 0.5) is 0 Å². The van der Waals surface area contributed by atoms with Gasteiger partial charge in [0, 0.05) is 10.8 Å². The van der Waals surface area contributed by atoms with Crippen LogP contribution in [0.1, 0.15) is 17.2 Å². The molecule has 1 heterocycles. The summed E-state index contributed by atoms with van der Waals surface area (Å²) in [6.45, 7) is 0.871. The largest absolute Gasteiger partial charge is 0.493 e. The summed E-state index contributed by atoms with van der Waals surface area (Å²) < 4.78 is 5.58. The zero-order valence-corrected chi connectivity index (χ0v) is 8.97. The Morgan fingerprint density at radius 3 is 3.15 bits per heavy atom. The highest BCUT2D eigenvalue weighted by Gasteiger charge is 2.21. The molecule has 1 aliphatic rings. The van der Waals surface area contributed by atoms with E-state index in [1.807, 2.05) is 12.1 Å². The molecule has 0 aromatic heterocycles. The van der Waals surface area contributed by atoms with Gasteiger partial charge in [0.1, 0.15) is 5.75 Å². The van der Waals surface area contributed by atoms with Crippen LogP contribution in [0.3, 0.4) is 0 Å². The van der Waals surface area contributed by atoms with Crippen molar-refractivity contribution in [2.75, 3.05) is 19.1 Å². The molecule has 13 heavy (non-hydrogen) atoms. The lowest BCUT2D eigenvalue weighted by atomic mass is 10.1. The predicted octanol–water partition coefficient (Wildman–Crippen LogP) is 2.57. The van der Waals surface area contributed by atoms with Crippen LogP contribution in [0, 0.1) is 6.07 Å². The van der Waals surface area contributed by atoms with Gasteiger partial charge in [0.25, 0.3) is 0 Å². The Hall–Kier alpha value is -0.630. The summed E-state index contributed by atoms with van der Waals surface area (Å²) in [5, 5.41) is 0.694. The van der Waals surface area contributed by atoms with E-state index in [0.29, 0.717) is 5.25 Å². The summed E-state index contributed by atoms with van der Waals surface area (Å²) in [5.41, 5.74) is 1.30. The number of benzene rings is 1. The van der Waals surface area contributed by atoms with Gasteiger partial charge in [0.15, 0.2) is 0 Å². The SMILES string of the molecule is C[SH](C)C1CCOc2ccc[c]c21. The third-order valence-electron chi connectivity index (χ3n) is 2.45. The fourth-order valence-electron chi connectivity index (χ4n) is 1.76. The van der Waals surface area contributed by atoms with Gasteiger partial charge >= 0.3 is 0 Å². The molecule has 1 aromatic rings. The summed E-state index contributed by atoms with van der Waals surface area (Å²) >= 11 is 0. The van der Waals surface area contributed by atoms with Gasteiger partial charge in [-0.15, -0.1) is 0 Å². The molecule has 2 rings (SSSR count). The van der Waals surface area contributed by atoms with Crippen LogP contribution in [-0.2, 0) is 0 Å². The molecule has 0 saturated heterocycles. The Balaban J connectivity index is 2.37. The number of thiol groups is 1. The van der Waals surface area contributed by atoms with Gasteiger partial charge < -0.3 is 4.74 Å². The van der Waals surface area contributed by atoms with Gasteiger partial charge in [0.2, 0.25) is 0 Å². The van der Waals surface area contributed by atoms with Gasteiger partial charge in [0.05, 0.1) is 6.61 Å². The Bertz CT molecular complexity index is 296. The molecule has 2 heteroatoms. The van der Waals surface area contributed by atoms with E-state index in [1.54, 1.807) is 0 Å². The zero-order valence-electron chi connectivity index (χ0n) is 8.08. The molecule has 1 atom stereocenters. The summed E-state index contributed by atoms with van der Waals surface area (Å²) in [6.07, 6.45) is 5.82. The molecule has 1 radical (unpaired) electrons. The van der Waals surface area contributed by atoms with Crippen molar-refractivity contribution < 1.29 is 4.74 Å². The molecule has 0 bridgehead atoms. The minimum absolute atomic E-state index is 0.0835. The first-order valence-corrected chi connectivity index (χ1v) is 6.89. The van der Waals surface area contributed by atoms with Crippen molar-refractivity contribution in [1.29, 1.82) is 0 Å². The van der Waals surface area contributed by atoms with Crippen LogP contribution in [-0.4, -0.2) is 19.1 Å². The first-order chi connectivity index (χ1) is 6.29. The predicted molar refractivity (Wildman–Crippen MR) is 59.0 cm³/mol. The van der Waals surface area contributed by atoms with Crippen molar-refractivity contribution in [2.24, 2.45) is 0 Å². The average molecular weight is 195 g/mol. The maximum atomic E-state index is 5.58. The number of rotatable bonds is 1. The van der Waals surface area contributed by atoms with E-state index in [-0.39, 0.29) is 10.9 Å². The first kappa shape index (κ1) is 8.95. The van der Waals surface area contributed by atoms with E-state index in [1.165, 1.54) is 5.56 Å². The maximum Gasteiger partial charge on any atom is 0.124 e. The van der Waals surface area contributed by atoms with Crippen LogP contribution in [0.25, 0.3) is 0 Å². The molecule has 0 fully saturated rings. The molecule has 1 unspecified atom stereocenters. The van der Waals surface area contributed by atoms with Gasteiger partial charge in [-0.05, 0) is 31.1 Å². The van der Waals surface area contributed by atoms with Crippen LogP contribution in [0.2, 0.25) is 0 Å². The van der Waals surface area contributed by atoms with Crippen LogP contribution in [0.15, 0.2) is 18.2 Å². The van der Waals surface area contributed by atoms with Gasteiger partial charge in [-0.3, -0.25) is 10.9 Å². The van der Waals surface area contributed by atoms with E-state index in [4.69, 9.17) is 4.74 Å². The van der Waals surface area contributed by atoms with E-state index in [2.05, 4.69) is 24.6 Å². The topological polar surface area (TPSA) is 9.23 Å². The number of fused-ring (bicyclic) bond motifs is 1. The Morgan fingerprint density at radius 1 is 1.54 bits per heavy atom. The molecule has 0 aliphatic carbocycles. The molecule has 0 saturated carbocycles. The number of hydrogen-bond acceptors (Lipinski definition) is 1. The second-order valence-electron chi connectivity index (χ2n) is 3.56. The normalized spacial score (nSPS) is 21.7. The Labute approximate surface area is 82.5 Å². The minimum Gasteiger partial charge on any atom is -0.493 e. The molecule has 0 N–H and O–H groups in total. The Kier molecular flexibility index (Phi) is 2.49.